The van der Waals surface area contributed by atoms with Crippen LogP contribution in [-0.2, 0) is 4.79 Å². The monoisotopic (exact) mass is 322 g/mol. The quantitative estimate of drug-likeness (QED) is 0.808. The molecular formula is C17H23FN2O3. The lowest BCUT2D eigenvalue weighted by Crippen LogP contribution is -2.37. The molecule has 2 rings (SSSR count). The van der Waals surface area contributed by atoms with Crippen molar-refractivity contribution in [3.8, 4) is 0 Å². The number of hydrogen-bond acceptors (Lipinski definition) is 3. The predicted molar refractivity (Wildman–Crippen MR) is 83.5 cm³/mol. The Hall–Kier alpha value is -1.98. The van der Waals surface area contributed by atoms with Crippen LogP contribution in [0.2, 0.25) is 0 Å². The zero-order chi connectivity index (χ0) is 16.7. The summed E-state index contributed by atoms with van der Waals surface area (Å²) < 4.78 is 12.9. The van der Waals surface area contributed by atoms with E-state index in [2.05, 4.69) is 10.3 Å². The smallest absolute Gasteiger partial charge is 0.303 e. The van der Waals surface area contributed by atoms with Gasteiger partial charge in [-0.05, 0) is 30.9 Å². The molecule has 0 radical (unpaired) electrons. The average molecular weight is 322 g/mol. The number of carboxylic acids is 1. The Bertz CT molecular complexity index is 527. The van der Waals surface area contributed by atoms with Crippen LogP contribution in [0.15, 0.2) is 18.3 Å². The maximum absolute atomic E-state index is 12.9. The number of amides is 1. The number of rotatable bonds is 7. The van der Waals surface area contributed by atoms with E-state index >= 15 is 0 Å². The zero-order valence-electron chi connectivity index (χ0n) is 13.1. The maximum Gasteiger partial charge on any atom is 0.303 e. The molecular weight excluding hydrogens is 299 g/mol. The second kappa shape index (κ2) is 8.60. The van der Waals surface area contributed by atoms with Gasteiger partial charge in [-0.2, -0.15) is 0 Å². The van der Waals surface area contributed by atoms with Crippen LogP contribution < -0.4 is 5.32 Å². The summed E-state index contributed by atoms with van der Waals surface area (Å²) in [5.41, 5.74) is 0.148. The number of pyridine rings is 1. The van der Waals surface area contributed by atoms with Crippen molar-refractivity contribution in [2.45, 2.75) is 57.4 Å². The highest BCUT2D eigenvalue weighted by atomic mass is 19.1. The molecule has 0 aliphatic heterocycles. The number of aromatic nitrogens is 1. The van der Waals surface area contributed by atoms with Crippen LogP contribution in [0.1, 0.15) is 61.9 Å². The van der Waals surface area contributed by atoms with Crippen LogP contribution in [0.5, 0.6) is 0 Å². The van der Waals surface area contributed by atoms with Crippen LogP contribution in [0.4, 0.5) is 4.39 Å². The van der Waals surface area contributed by atoms with Crippen molar-refractivity contribution in [1.82, 2.24) is 10.3 Å². The van der Waals surface area contributed by atoms with Crippen molar-refractivity contribution in [3.63, 3.8) is 0 Å². The lowest BCUT2D eigenvalue weighted by molar-refractivity contribution is -0.137. The van der Waals surface area contributed by atoms with Crippen LogP contribution in [0.3, 0.4) is 0 Å². The van der Waals surface area contributed by atoms with E-state index < -0.39 is 11.8 Å². The van der Waals surface area contributed by atoms with Gasteiger partial charge in [0.15, 0.2) is 0 Å². The molecule has 0 aromatic carbocycles. The van der Waals surface area contributed by atoms with Crippen molar-refractivity contribution in [2.75, 3.05) is 0 Å². The van der Waals surface area contributed by atoms with Gasteiger partial charge in [-0.1, -0.05) is 32.1 Å². The van der Waals surface area contributed by atoms with Gasteiger partial charge in [0.25, 0.3) is 5.91 Å². The van der Waals surface area contributed by atoms with Crippen molar-refractivity contribution < 1.29 is 19.1 Å². The third kappa shape index (κ3) is 5.96. The van der Waals surface area contributed by atoms with Crippen LogP contribution in [0, 0.1) is 11.7 Å². The molecule has 6 heteroatoms. The number of carbonyl (C=O) groups excluding carboxylic acids is 1. The van der Waals surface area contributed by atoms with E-state index in [4.69, 9.17) is 5.11 Å². The van der Waals surface area contributed by atoms with Gasteiger partial charge < -0.3 is 10.4 Å². The lowest BCUT2D eigenvalue weighted by atomic mass is 9.84. The molecule has 0 bridgehead atoms. The minimum absolute atomic E-state index is 0.0223. The molecule has 23 heavy (non-hydrogen) atoms. The third-order valence-electron chi connectivity index (χ3n) is 4.34. The average Bonchev–Trinajstić information content (AvgIpc) is 2.54. The molecule has 2 N–H and O–H groups in total. The fraction of sp³-hybridized carbons (Fsp3) is 0.588. The molecule has 1 atom stereocenters. The number of hydrogen-bond donors (Lipinski definition) is 2. The van der Waals surface area contributed by atoms with Gasteiger partial charge >= 0.3 is 5.97 Å². The van der Waals surface area contributed by atoms with Gasteiger partial charge in [0.1, 0.15) is 11.5 Å². The normalized spacial score (nSPS) is 16.7. The van der Waals surface area contributed by atoms with Crippen molar-refractivity contribution in [3.05, 3.63) is 29.8 Å². The molecule has 1 unspecified atom stereocenters. The number of halogens is 1. The van der Waals surface area contributed by atoms with Gasteiger partial charge in [0.05, 0.1) is 6.20 Å². The van der Waals surface area contributed by atoms with Crippen LogP contribution >= 0.6 is 0 Å². The molecule has 1 aliphatic carbocycles. The summed E-state index contributed by atoms with van der Waals surface area (Å²) in [7, 11) is 0. The first-order valence-corrected chi connectivity index (χ1v) is 8.19. The number of carbonyl (C=O) groups is 2. The first-order chi connectivity index (χ1) is 11.0. The zero-order valence-corrected chi connectivity index (χ0v) is 13.1. The fourth-order valence-corrected chi connectivity index (χ4v) is 3.14. The summed E-state index contributed by atoms with van der Waals surface area (Å²) in [5.74, 6) is -1.21. The maximum atomic E-state index is 12.9. The molecule has 1 aliphatic rings. The van der Waals surface area contributed by atoms with E-state index in [1.807, 2.05) is 0 Å². The van der Waals surface area contributed by atoms with E-state index in [0.29, 0.717) is 12.3 Å². The summed E-state index contributed by atoms with van der Waals surface area (Å²) in [6.45, 7) is 0. The van der Waals surface area contributed by atoms with Crippen LogP contribution in [-0.4, -0.2) is 28.0 Å². The Morgan fingerprint density at radius 1 is 1.30 bits per heavy atom. The van der Waals surface area contributed by atoms with Crippen molar-refractivity contribution >= 4 is 11.9 Å². The van der Waals surface area contributed by atoms with Gasteiger partial charge in [0, 0.05) is 12.5 Å². The van der Waals surface area contributed by atoms with Crippen molar-refractivity contribution in [1.29, 1.82) is 0 Å². The first kappa shape index (κ1) is 17.4. The highest BCUT2D eigenvalue weighted by Gasteiger charge is 2.22. The molecule has 126 valence electrons. The topological polar surface area (TPSA) is 79.3 Å². The van der Waals surface area contributed by atoms with E-state index in [9.17, 15) is 14.0 Å². The molecule has 1 aromatic heterocycles. The van der Waals surface area contributed by atoms with Crippen LogP contribution in [0.25, 0.3) is 0 Å². The second-order valence-electron chi connectivity index (χ2n) is 6.20. The number of aliphatic carboxylic acids is 1. The van der Waals surface area contributed by atoms with E-state index in [1.165, 1.54) is 31.4 Å². The Morgan fingerprint density at radius 3 is 2.65 bits per heavy atom. The summed E-state index contributed by atoms with van der Waals surface area (Å²) in [6, 6.07) is 2.34. The molecule has 1 heterocycles. The number of nitrogens with zero attached hydrogens (tertiary/aromatic N) is 1. The number of carboxylic acid groups (broad SMARTS) is 1. The largest absolute Gasteiger partial charge is 0.481 e. The highest BCUT2D eigenvalue weighted by Crippen LogP contribution is 2.28. The summed E-state index contributed by atoms with van der Waals surface area (Å²) in [6.07, 6.45) is 8.13. The molecule has 5 nitrogen and oxygen atoms in total. The van der Waals surface area contributed by atoms with E-state index in [1.54, 1.807) is 0 Å². The summed E-state index contributed by atoms with van der Waals surface area (Å²) >= 11 is 0. The molecule has 1 fully saturated rings. The highest BCUT2D eigenvalue weighted by molar-refractivity contribution is 5.92. The Balaban J connectivity index is 1.95. The van der Waals surface area contributed by atoms with Gasteiger partial charge in [-0.25, -0.2) is 9.37 Å². The van der Waals surface area contributed by atoms with E-state index in [-0.39, 0.29) is 24.1 Å². The molecule has 1 saturated carbocycles. The number of nitrogens with one attached hydrogen (secondary N) is 1. The summed E-state index contributed by atoms with van der Waals surface area (Å²) in [5, 5.41) is 11.8. The molecule has 0 saturated heterocycles. The third-order valence-corrected chi connectivity index (χ3v) is 4.34. The molecule has 1 amide bonds. The first-order valence-electron chi connectivity index (χ1n) is 8.19. The fourth-order valence-electron chi connectivity index (χ4n) is 3.14. The Morgan fingerprint density at radius 2 is 2.04 bits per heavy atom. The standard InChI is InChI=1S/C17H23FN2O3/c18-13-6-8-15(19-11-13)17(23)20-14(7-9-16(21)22)10-12-4-2-1-3-5-12/h6,8,11-12,14H,1-5,7,9-10H2,(H,20,23)(H,21,22). The minimum Gasteiger partial charge on any atom is -0.481 e. The summed E-state index contributed by atoms with van der Waals surface area (Å²) in [4.78, 5) is 26.8. The van der Waals surface area contributed by atoms with Gasteiger partial charge in [-0.15, -0.1) is 0 Å². The predicted octanol–water partition coefficient (Wildman–Crippen LogP) is 3.15. The Labute approximate surface area is 135 Å². The SMILES string of the molecule is O=C(O)CCC(CC1CCCCC1)NC(=O)c1ccc(F)cn1. The molecule has 0 spiro atoms. The van der Waals surface area contributed by atoms with E-state index in [0.717, 1.165) is 25.5 Å². The van der Waals surface area contributed by atoms with Gasteiger partial charge in [-0.3, -0.25) is 9.59 Å². The molecule has 1 aromatic rings. The van der Waals surface area contributed by atoms with Gasteiger partial charge in [0.2, 0.25) is 0 Å². The van der Waals surface area contributed by atoms with Crippen molar-refractivity contribution in [2.24, 2.45) is 5.92 Å². The minimum atomic E-state index is -0.868. The Kier molecular flexibility index (Phi) is 6.50. The second-order valence-corrected chi connectivity index (χ2v) is 6.20. The lowest BCUT2D eigenvalue weighted by Gasteiger charge is -2.27.